The van der Waals surface area contributed by atoms with Crippen molar-refractivity contribution in [2.75, 3.05) is 13.6 Å². The van der Waals surface area contributed by atoms with Crippen LogP contribution in [0.5, 0.6) is 0 Å². The zero-order valence-corrected chi connectivity index (χ0v) is 15.1. The molecular formula is C20H24N2O4. The molecule has 2 aromatic rings. The second kappa shape index (κ2) is 7.74. The Morgan fingerprint density at radius 2 is 2.00 bits per heavy atom. The van der Waals surface area contributed by atoms with E-state index >= 15 is 0 Å². The fourth-order valence-electron chi connectivity index (χ4n) is 3.59. The van der Waals surface area contributed by atoms with Crippen molar-refractivity contribution in [3.05, 3.63) is 59.5 Å². The van der Waals surface area contributed by atoms with Crippen LogP contribution < -0.4 is 0 Å². The smallest absolute Gasteiger partial charge is 0.326 e. The van der Waals surface area contributed by atoms with Gasteiger partial charge < -0.3 is 14.4 Å². The number of piperidine rings is 1. The second-order valence-corrected chi connectivity index (χ2v) is 6.82. The predicted molar refractivity (Wildman–Crippen MR) is 96.8 cm³/mol. The van der Waals surface area contributed by atoms with E-state index in [9.17, 15) is 14.7 Å². The van der Waals surface area contributed by atoms with Crippen LogP contribution in [0.4, 0.5) is 0 Å². The molecule has 1 fully saturated rings. The molecule has 2 atom stereocenters. The molecule has 3 rings (SSSR count). The molecule has 1 aliphatic rings. The number of rotatable bonds is 5. The van der Waals surface area contributed by atoms with Crippen LogP contribution >= 0.6 is 0 Å². The minimum Gasteiger partial charge on any atom is -0.480 e. The molecule has 0 radical (unpaired) electrons. The van der Waals surface area contributed by atoms with Crippen LogP contribution in [0, 0.1) is 6.92 Å². The van der Waals surface area contributed by atoms with Gasteiger partial charge in [0.15, 0.2) is 0 Å². The summed E-state index contributed by atoms with van der Waals surface area (Å²) >= 11 is 0. The molecule has 0 unspecified atom stereocenters. The van der Waals surface area contributed by atoms with Crippen molar-refractivity contribution >= 4 is 11.9 Å². The Kier molecular flexibility index (Phi) is 5.42. The Balaban J connectivity index is 1.71. The summed E-state index contributed by atoms with van der Waals surface area (Å²) in [4.78, 5) is 28.2. The van der Waals surface area contributed by atoms with E-state index in [4.69, 9.17) is 4.42 Å². The fourth-order valence-corrected chi connectivity index (χ4v) is 3.59. The number of carboxylic acid groups (broad SMARTS) is 1. The largest absolute Gasteiger partial charge is 0.480 e. The molecule has 0 spiro atoms. The summed E-state index contributed by atoms with van der Waals surface area (Å²) < 4.78 is 5.19. The maximum Gasteiger partial charge on any atom is 0.326 e. The Hall–Kier alpha value is -2.60. The summed E-state index contributed by atoms with van der Waals surface area (Å²) in [5.74, 6) is -0.715. The van der Waals surface area contributed by atoms with Crippen LogP contribution in [0.1, 0.15) is 34.5 Å². The van der Waals surface area contributed by atoms with Gasteiger partial charge in [0.1, 0.15) is 11.8 Å². The highest BCUT2D eigenvalue weighted by Gasteiger charge is 2.38. The second-order valence-electron chi connectivity index (χ2n) is 6.82. The summed E-state index contributed by atoms with van der Waals surface area (Å²) in [6, 6.07) is 11.0. The molecule has 6 nitrogen and oxygen atoms in total. The normalized spacial score (nSPS) is 20.3. The number of benzene rings is 1. The maximum absolute atomic E-state index is 12.8. The summed E-state index contributed by atoms with van der Waals surface area (Å²) in [6.45, 7) is 2.89. The highest BCUT2D eigenvalue weighted by atomic mass is 16.4. The molecule has 0 aliphatic carbocycles. The first-order chi connectivity index (χ1) is 12.5. The molecule has 1 aromatic heterocycles. The molecule has 1 amide bonds. The van der Waals surface area contributed by atoms with Crippen molar-refractivity contribution in [3.63, 3.8) is 0 Å². The number of likely N-dealkylation sites (tertiary alicyclic amines) is 1. The predicted octanol–water partition coefficient (Wildman–Crippen LogP) is 2.78. The standard InChI is InChI=1S/C20H24N2O4/c1-14-17(9-11-26-14)19(23)22-10-8-16(12-18(22)20(24)25)21(2)13-15-6-4-3-5-7-15/h3-7,9,11,16,18H,8,10,12-13H2,1-2H3,(H,24,25)/t16-,18-/m0/s1. The Labute approximate surface area is 153 Å². The molecule has 1 saturated heterocycles. The zero-order chi connectivity index (χ0) is 18.7. The lowest BCUT2D eigenvalue weighted by molar-refractivity contribution is -0.144. The molecule has 0 bridgehead atoms. The van der Waals surface area contributed by atoms with E-state index in [1.807, 2.05) is 25.2 Å². The molecule has 1 N–H and O–H groups in total. The first-order valence-corrected chi connectivity index (χ1v) is 8.79. The SMILES string of the molecule is Cc1occc1C(=O)N1CC[C@H](N(C)Cc2ccccc2)C[C@H]1C(=O)O. The molecule has 1 aliphatic heterocycles. The summed E-state index contributed by atoms with van der Waals surface area (Å²) in [5, 5.41) is 9.68. The monoisotopic (exact) mass is 356 g/mol. The van der Waals surface area contributed by atoms with Gasteiger partial charge in [-0.25, -0.2) is 4.79 Å². The lowest BCUT2D eigenvalue weighted by Gasteiger charge is -2.40. The van der Waals surface area contributed by atoms with Gasteiger partial charge in [0.2, 0.25) is 0 Å². The minimum absolute atomic E-state index is 0.116. The van der Waals surface area contributed by atoms with Gasteiger partial charge in [-0.15, -0.1) is 0 Å². The van der Waals surface area contributed by atoms with Gasteiger partial charge in [-0.2, -0.15) is 0 Å². The van der Waals surface area contributed by atoms with Crippen LogP contribution in [0.3, 0.4) is 0 Å². The molecule has 0 saturated carbocycles. The van der Waals surface area contributed by atoms with Gasteiger partial charge in [0.25, 0.3) is 5.91 Å². The fraction of sp³-hybridized carbons (Fsp3) is 0.400. The van der Waals surface area contributed by atoms with E-state index in [1.165, 1.54) is 16.7 Å². The lowest BCUT2D eigenvalue weighted by atomic mass is 9.94. The Morgan fingerprint density at radius 3 is 2.62 bits per heavy atom. The van der Waals surface area contributed by atoms with Crippen LogP contribution in [-0.2, 0) is 11.3 Å². The molecule has 26 heavy (non-hydrogen) atoms. The van der Waals surface area contributed by atoms with Gasteiger partial charge in [-0.05, 0) is 38.4 Å². The number of carbonyl (C=O) groups is 2. The average Bonchev–Trinajstić information content (AvgIpc) is 3.07. The topological polar surface area (TPSA) is 74.0 Å². The van der Waals surface area contributed by atoms with E-state index in [0.29, 0.717) is 24.3 Å². The highest BCUT2D eigenvalue weighted by molar-refractivity contribution is 5.97. The average molecular weight is 356 g/mol. The van der Waals surface area contributed by atoms with E-state index in [-0.39, 0.29) is 11.9 Å². The zero-order valence-electron chi connectivity index (χ0n) is 15.1. The molecule has 2 heterocycles. The van der Waals surface area contributed by atoms with Crippen molar-refractivity contribution in [1.29, 1.82) is 0 Å². The van der Waals surface area contributed by atoms with Crippen molar-refractivity contribution in [2.24, 2.45) is 0 Å². The third-order valence-electron chi connectivity index (χ3n) is 5.11. The minimum atomic E-state index is -0.961. The van der Waals surface area contributed by atoms with Crippen LogP contribution in [-0.4, -0.2) is 52.5 Å². The van der Waals surface area contributed by atoms with E-state index < -0.39 is 12.0 Å². The highest BCUT2D eigenvalue weighted by Crippen LogP contribution is 2.25. The van der Waals surface area contributed by atoms with Crippen molar-refractivity contribution in [3.8, 4) is 0 Å². The molecule has 138 valence electrons. The third kappa shape index (κ3) is 3.80. The Bertz CT molecular complexity index is 771. The number of carbonyl (C=O) groups excluding carboxylic acids is 1. The van der Waals surface area contributed by atoms with Gasteiger partial charge >= 0.3 is 5.97 Å². The van der Waals surface area contributed by atoms with Crippen LogP contribution in [0.25, 0.3) is 0 Å². The van der Waals surface area contributed by atoms with E-state index in [0.717, 1.165) is 13.0 Å². The number of furan rings is 1. The number of nitrogens with zero attached hydrogens (tertiary/aromatic N) is 2. The number of aliphatic carboxylic acids is 1. The van der Waals surface area contributed by atoms with Gasteiger partial charge in [-0.3, -0.25) is 9.69 Å². The number of aryl methyl sites for hydroxylation is 1. The van der Waals surface area contributed by atoms with E-state index in [1.54, 1.807) is 13.0 Å². The first kappa shape index (κ1) is 18.2. The quantitative estimate of drug-likeness (QED) is 0.892. The van der Waals surface area contributed by atoms with E-state index in [2.05, 4.69) is 17.0 Å². The number of hydrogen-bond donors (Lipinski definition) is 1. The number of amides is 1. The van der Waals surface area contributed by atoms with Gasteiger partial charge in [0.05, 0.1) is 11.8 Å². The molecule has 6 heteroatoms. The molecular weight excluding hydrogens is 332 g/mol. The lowest BCUT2D eigenvalue weighted by Crippen LogP contribution is -2.54. The number of carboxylic acids is 1. The van der Waals surface area contributed by atoms with Crippen molar-refractivity contribution < 1.29 is 19.1 Å². The third-order valence-corrected chi connectivity index (χ3v) is 5.11. The first-order valence-electron chi connectivity index (χ1n) is 8.79. The van der Waals surface area contributed by atoms with Crippen LogP contribution in [0.15, 0.2) is 47.1 Å². The number of hydrogen-bond acceptors (Lipinski definition) is 4. The van der Waals surface area contributed by atoms with Crippen LogP contribution in [0.2, 0.25) is 0 Å². The maximum atomic E-state index is 12.8. The summed E-state index contributed by atoms with van der Waals surface area (Å²) in [7, 11) is 2.01. The van der Waals surface area contributed by atoms with Gasteiger partial charge in [0, 0.05) is 19.1 Å². The summed E-state index contributed by atoms with van der Waals surface area (Å²) in [5.41, 5.74) is 1.63. The molecule has 1 aromatic carbocycles. The Morgan fingerprint density at radius 1 is 1.27 bits per heavy atom. The van der Waals surface area contributed by atoms with Crippen molar-refractivity contribution in [2.45, 2.75) is 38.4 Å². The van der Waals surface area contributed by atoms with Crippen molar-refractivity contribution in [1.82, 2.24) is 9.80 Å². The summed E-state index contributed by atoms with van der Waals surface area (Å²) in [6.07, 6.45) is 2.62. The van der Waals surface area contributed by atoms with Gasteiger partial charge in [-0.1, -0.05) is 30.3 Å².